The van der Waals surface area contributed by atoms with Gasteiger partial charge < -0.3 is 9.64 Å². The van der Waals surface area contributed by atoms with E-state index in [4.69, 9.17) is 27.9 Å². The summed E-state index contributed by atoms with van der Waals surface area (Å²) in [5.74, 6) is 0.185. The molecule has 1 aromatic carbocycles. The molecular formula is C15H15Cl2NO3S. The second kappa shape index (κ2) is 5.95. The summed E-state index contributed by atoms with van der Waals surface area (Å²) in [5, 5.41) is 0.923. The van der Waals surface area contributed by atoms with E-state index in [0.29, 0.717) is 27.8 Å². The van der Waals surface area contributed by atoms with Crippen molar-refractivity contribution in [2.75, 3.05) is 5.75 Å². The number of hydrogen-bond donors (Lipinski definition) is 0. The minimum absolute atomic E-state index is 0.0112. The number of hydrogen-bond acceptors (Lipinski definition) is 4. The number of fused-ring (bicyclic) bond motifs is 1. The third-order valence-corrected chi connectivity index (χ3v) is 6.35. The highest BCUT2D eigenvalue weighted by atomic mass is 35.5. The Labute approximate surface area is 143 Å². The Morgan fingerprint density at radius 2 is 2.14 bits per heavy atom. The molecule has 2 saturated heterocycles. The van der Waals surface area contributed by atoms with Crippen molar-refractivity contribution in [1.29, 1.82) is 0 Å². The Morgan fingerprint density at radius 3 is 2.82 bits per heavy atom. The van der Waals surface area contributed by atoms with Crippen LogP contribution in [-0.2, 0) is 20.9 Å². The molecule has 2 fully saturated rings. The van der Waals surface area contributed by atoms with Gasteiger partial charge in [-0.05, 0) is 25.5 Å². The standard InChI is InChI=1S/C15H15Cl2NO3S/c1-15-6-5-13(19)18(15)12(8-22-15)14(20)21-7-9-10(16)3-2-4-11(9)17/h2-4,12H,5-8H2,1H3/t12-,15+/m0/s1. The smallest absolute Gasteiger partial charge is 0.330 e. The van der Waals surface area contributed by atoms with Crippen molar-refractivity contribution < 1.29 is 14.3 Å². The normalized spacial score (nSPS) is 27.1. The van der Waals surface area contributed by atoms with Crippen LogP contribution >= 0.6 is 35.0 Å². The van der Waals surface area contributed by atoms with Crippen molar-refractivity contribution in [3.63, 3.8) is 0 Å². The summed E-state index contributed by atoms with van der Waals surface area (Å²) in [5.41, 5.74) is 0.584. The maximum atomic E-state index is 12.4. The second-order valence-electron chi connectivity index (χ2n) is 5.57. The Hall–Kier alpha value is -0.910. The minimum Gasteiger partial charge on any atom is -0.459 e. The van der Waals surface area contributed by atoms with E-state index in [1.54, 1.807) is 34.9 Å². The summed E-state index contributed by atoms with van der Waals surface area (Å²) in [6, 6.07) is 4.61. The molecule has 0 radical (unpaired) electrons. The minimum atomic E-state index is -0.522. The fourth-order valence-corrected chi connectivity index (χ4v) is 4.83. The van der Waals surface area contributed by atoms with Crippen molar-refractivity contribution in [2.45, 2.75) is 37.3 Å². The fourth-order valence-electron chi connectivity index (χ4n) is 2.90. The maximum Gasteiger partial charge on any atom is 0.330 e. The van der Waals surface area contributed by atoms with E-state index in [9.17, 15) is 9.59 Å². The zero-order valence-electron chi connectivity index (χ0n) is 12.0. The number of rotatable bonds is 3. The van der Waals surface area contributed by atoms with Gasteiger partial charge in [0.1, 0.15) is 12.6 Å². The molecule has 0 unspecified atom stereocenters. The van der Waals surface area contributed by atoms with E-state index in [0.717, 1.165) is 6.42 Å². The van der Waals surface area contributed by atoms with E-state index in [1.807, 2.05) is 6.92 Å². The highest BCUT2D eigenvalue weighted by Gasteiger charge is 2.53. The van der Waals surface area contributed by atoms with Crippen molar-refractivity contribution >= 4 is 46.8 Å². The maximum absolute atomic E-state index is 12.4. The first kappa shape index (κ1) is 16.0. The van der Waals surface area contributed by atoms with Gasteiger partial charge in [0.2, 0.25) is 5.91 Å². The average Bonchev–Trinajstić information content (AvgIpc) is 2.95. The lowest BCUT2D eigenvalue weighted by molar-refractivity contribution is -0.154. The molecule has 2 aliphatic rings. The molecule has 0 N–H and O–H groups in total. The molecule has 4 nitrogen and oxygen atoms in total. The lowest BCUT2D eigenvalue weighted by Crippen LogP contribution is -2.46. The van der Waals surface area contributed by atoms with Crippen molar-refractivity contribution in [1.82, 2.24) is 4.90 Å². The highest BCUT2D eigenvalue weighted by molar-refractivity contribution is 8.01. The number of amides is 1. The number of carbonyl (C=O) groups is 2. The van der Waals surface area contributed by atoms with Gasteiger partial charge in [-0.1, -0.05) is 29.3 Å². The van der Waals surface area contributed by atoms with Crippen LogP contribution in [-0.4, -0.2) is 33.4 Å². The van der Waals surface area contributed by atoms with Crippen molar-refractivity contribution in [3.05, 3.63) is 33.8 Å². The van der Waals surface area contributed by atoms with E-state index >= 15 is 0 Å². The van der Waals surface area contributed by atoms with Crippen LogP contribution in [0.2, 0.25) is 10.0 Å². The van der Waals surface area contributed by atoms with E-state index in [-0.39, 0.29) is 17.4 Å². The average molecular weight is 360 g/mol. The number of ether oxygens (including phenoxy) is 1. The molecule has 118 valence electrons. The van der Waals surface area contributed by atoms with Crippen LogP contribution in [0.5, 0.6) is 0 Å². The van der Waals surface area contributed by atoms with Crippen LogP contribution in [0.3, 0.4) is 0 Å². The zero-order chi connectivity index (χ0) is 15.9. The van der Waals surface area contributed by atoms with Crippen LogP contribution in [0.25, 0.3) is 0 Å². The highest BCUT2D eigenvalue weighted by Crippen LogP contribution is 2.47. The third-order valence-electron chi connectivity index (χ3n) is 4.14. The molecule has 0 bridgehead atoms. The molecule has 0 aromatic heterocycles. The van der Waals surface area contributed by atoms with Crippen molar-refractivity contribution in [3.8, 4) is 0 Å². The van der Waals surface area contributed by atoms with Gasteiger partial charge in [-0.25, -0.2) is 4.79 Å². The summed E-state index contributed by atoms with van der Waals surface area (Å²) in [7, 11) is 0. The number of thioether (sulfide) groups is 1. The van der Waals surface area contributed by atoms with Crippen LogP contribution in [0.15, 0.2) is 18.2 Å². The van der Waals surface area contributed by atoms with Crippen LogP contribution in [0.1, 0.15) is 25.3 Å². The van der Waals surface area contributed by atoms with Gasteiger partial charge in [-0.2, -0.15) is 0 Å². The van der Waals surface area contributed by atoms with Gasteiger partial charge in [0.25, 0.3) is 0 Å². The van der Waals surface area contributed by atoms with Gasteiger partial charge in [0.15, 0.2) is 0 Å². The van der Waals surface area contributed by atoms with Crippen LogP contribution in [0.4, 0.5) is 0 Å². The number of nitrogens with zero attached hydrogens (tertiary/aromatic N) is 1. The largest absolute Gasteiger partial charge is 0.459 e. The number of esters is 1. The fraction of sp³-hybridized carbons (Fsp3) is 0.467. The summed E-state index contributed by atoms with van der Waals surface area (Å²) in [6.07, 6.45) is 1.26. The molecular weight excluding hydrogens is 345 g/mol. The molecule has 0 saturated carbocycles. The van der Waals surface area contributed by atoms with Gasteiger partial charge in [0.05, 0.1) is 4.87 Å². The van der Waals surface area contributed by atoms with Crippen LogP contribution in [0, 0.1) is 0 Å². The van der Waals surface area contributed by atoms with Crippen LogP contribution < -0.4 is 0 Å². The molecule has 3 rings (SSSR count). The molecule has 2 aliphatic heterocycles. The molecule has 2 heterocycles. The Kier molecular flexibility index (Phi) is 4.32. The SMILES string of the molecule is C[C@@]12CCC(=O)N1[C@H](C(=O)OCc1c(Cl)cccc1Cl)CS2. The second-order valence-corrected chi connectivity index (χ2v) is 7.89. The molecule has 1 aromatic rings. The molecule has 0 spiro atoms. The third kappa shape index (κ3) is 2.70. The first-order chi connectivity index (χ1) is 10.4. The predicted octanol–water partition coefficient (Wildman–Crippen LogP) is 3.49. The quantitative estimate of drug-likeness (QED) is 0.775. The van der Waals surface area contributed by atoms with E-state index in [2.05, 4.69) is 0 Å². The Bertz CT molecular complexity index is 619. The van der Waals surface area contributed by atoms with Gasteiger partial charge >= 0.3 is 5.97 Å². The Balaban J connectivity index is 1.69. The summed E-state index contributed by atoms with van der Waals surface area (Å²) in [4.78, 5) is 25.8. The van der Waals surface area contributed by atoms with Gasteiger partial charge in [-0.3, -0.25) is 4.79 Å². The number of carbonyl (C=O) groups excluding carboxylic acids is 2. The lowest BCUT2D eigenvalue weighted by atomic mass is 10.2. The van der Waals surface area contributed by atoms with E-state index < -0.39 is 12.0 Å². The molecule has 2 atom stereocenters. The zero-order valence-corrected chi connectivity index (χ0v) is 14.3. The summed E-state index contributed by atoms with van der Waals surface area (Å²) in [6.45, 7) is 2.01. The molecule has 7 heteroatoms. The Morgan fingerprint density at radius 1 is 1.45 bits per heavy atom. The first-order valence-electron chi connectivity index (χ1n) is 6.98. The summed E-state index contributed by atoms with van der Waals surface area (Å²) < 4.78 is 5.36. The lowest BCUT2D eigenvalue weighted by Gasteiger charge is -2.29. The molecule has 0 aliphatic carbocycles. The molecule has 22 heavy (non-hydrogen) atoms. The monoisotopic (exact) mass is 359 g/mol. The van der Waals surface area contributed by atoms with E-state index in [1.165, 1.54) is 0 Å². The van der Waals surface area contributed by atoms with Gasteiger partial charge in [-0.15, -0.1) is 11.8 Å². The van der Waals surface area contributed by atoms with Crippen molar-refractivity contribution in [2.24, 2.45) is 0 Å². The number of halogens is 2. The van der Waals surface area contributed by atoms with Gasteiger partial charge in [0, 0.05) is 27.8 Å². The first-order valence-corrected chi connectivity index (χ1v) is 8.72. The summed E-state index contributed by atoms with van der Waals surface area (Å²) >= 11 is 13.8. The predicted molar refractivity (Wildman–Crippen MR) is 87.0 cm³/mol. The molecule has 1 amide bonds. The number of benzene rings is 1. The topological polar surface area (TPSA) is 46.6 Å².